The summed E-state index contributed by atoms with van der Waals surface area (Å²) in [6, 6.07) is 16.7. The molecule has 1 aliphatic heterocycles. The monoisotopic (exact) mass is 443 g/mol. The van der Waals surface area contributed by atoms with Crippen molar-refractivity contribution in [3.8, 4) is 0 Å². The maximum atomic E-state index is 13.3. The number of ether oxygens (including phenoxy) is 1. The summed E-state index contributed by atoms with van der Waals surface area (Å²) in [5.41, 5.74) is 1.40. The van der Waals surface area contributed by atoms with E-state index < -0.39 is 17.7 Å². The third-order valence-electron chi connectivity index (χ3n) is 5.04. The number of benzene rings is 2. The molecule has 0 aromatic heterocycles. The molecule has 2 aromatic carbocycles. The minimum absolute atomic E-state index is 0.0968. The van der Waals surface area contributed by atoms with Crippen LogP contribution in [0.15, 0.2) is 54.6 Å². The van der Waals surface area contributed by atoms with E-state index >= 15 is 0 Å². The van der Waals surface area contributed by atoms with Gasteiger partial charge in [-0.3, -0.25) is 4.79 Å². The highest BCUT2D eigenvalue weighted by atomic mass is 35.5. The maximum absolute atomic E-state index is 13.3. The molecule has 1 fully saturated rings. The smallest absolute Gasteiger partial charge is 0.408 e. The molecule has 1 aliphatic rings. The van der Waals surface area contributed by atoms with Crippen LogP contribution in [0.1, 0.15) is 26.3 Å². The predicted molar refractivity (Wildman–Crippen MR) is 124 cm³/mol. The molecular formula is C24H30ClN3O3. The van der Waals surface area contributed by atoms with Crippen molar-refractivity contribution in [1.29, 1.82) is 0 Å². The molecule has 3 rings (SSSR count). The van der Waals surface area contributed by atoms with Crippen molar-refractivity contribution in [3.63, 3.8) is 0 Å². The number of carbonyl (C=O) groups excluding carboxylic acids is 2. The van der Waals surface area contributed by atoms with Gasteiger partial charge in [-0.25, -0.2) is 4.79 Å². The predicted octanol–water partition coefficient (Wildman–Crippen LogP) is 4.12. The van der Waals surface area contributed by atoms with Crippen LogP contribution >= 0.6 is 11.6 Å². The molecule has 0 aliphatic carbocycles. The average Bonchev–Trinajstić information content (AvgIpc) is 2.72. The van der Waals surface area contributed by atoms with Crippen molar-refractivity contribution >= 4 is 29.3 Å². The summed E-state index contributed by atoms with van der Waals surface area (Å²) in [7, 11) is 0. The zero-order chi connectivity index (χ0) is 22.4. The number of hydrogen-bond donors (Lipinski definition) is 1. The van der Waals surface area contributed by atoms with Crippen LogP contribution in [0, 0.1) is 0 Å². The summed E-state index contributed by atoms with van der Waals surface area (Å²) in [6.45, 7) is 7.97. The number of piperazine rings is 1. The molecule has 7 heteroatoms. The van der Waals surface area contributed by atoms with Gasteiger partial charge in [0.25, 0.3) is 0 Å². The lowest BCUT2D eigenvalue weighted by molar-refractivity contribution is -0.133. The highest BCUT2D eigenvalue weighted by Crippen LogP contribution is 2.21. The minimum Gasteiger partial charge on any atom is -0.444 e. The molecule has 0 bridgehead atoms. The highest BCUT2D eigenvalue weighted by molar-refractivity contribution is 6.30. The van der Waals surface area contributed by atoms with E-state index in [4.69, 9.17) is 16.3 Å². The topological polar surface area (TPSA) is 61.9 Å². The van der Waals surface area contributed by atoms with Gasteiger partial charge in [-0.2, -0.15) is 0 Å². The number of amides is 2. The summed E-state index contributed by atoms with van der Waals surface area (Å²) >= 11 is 6.11. The molecule has 0 radical (unpaired) electrons. The standard InChI is InChI=1S/C24H30ClN3O3/c1-24(2,3)31-23(30)26-21(16-18-8-5-4-6-9-18)22(29)28-14-12-27(13-15-28)20-11-7-10-19(25)17-20/h4-11,17,21H,12-16H2,1-3H3,(H,26,30)/t21-/m1/s1. The van der Waals surface area contributed by atoms with E-state index in [1.807, 2.05) is 59.5 Å². The van der Waals surface area contributed by atoms with Gasteiger partial charge < -0.3 is 19.9 Å². The first-order valence-electron chi connectivity index (χ1n) is 10.5. The Hall–Kier alpha value is -2.73. The molecule has 1 atom stereocenters. The second kappa shape index (κ2) is 10.1. The van der Waals surface area contributed by atoms with Crippen LogP contribution < -0.4 is 10.2 Å². The van der Waals surface area contributed by atoms with Gasteiger partial charge in [0.2, 0.25) is 5.91 Å². The summed E-state index contributed by atoms with van der Waals surface area (Å²) in [4.78, 5) is 29.7. The molecule has 1 heterocycles. The zero-order valence-corrected chi connectivity index (χ0v) is 19.1. The molecular weight excluding hydrogens is 414 g/mol. The van der Waals surface area contributed by atoms with Crippen LogP contribution in [0.4, 0.5) is 10.5 Å². The quantitative estimate of drug-likeness (QED) is 0.754. The van der Waals surface area contributed by atoms with E-state index in [-0.39, 0.29) is 5.91 Å². The Bertz CT molecular complexity index is 890. The molecule has 1 saturated heterocycles. The van der Waals surface area contributed by atoms with Crippen LogP contribution in [0.25, 0.3) is 0 Å². The van der Waals surface area contributed by atoms with Crippen LogP contribution in [0.5, 0.6) is 0 Å². The molecule has 31 heavy (non-hydrogen) atoms. The SMILES string of the molecule is CC(C)(C)OC(=O)N[C@H](Cc1ccccc1)C(=O)N1CCN(c2cccc(Cl)c2)CC1. The van der Waals surface area contributed by atoms with Crippen LogP contribution in [0.3, 0.4) is 0 Å². The first-order chi connectivity index (χ1) is 14.7. The van der Waals surface area contributed by atoms with Crippen LogP contribution in [-0.4, -0.2) is 54.7 Å². The zero-order valence-electron chi connectivity index (χ0n) is 18.3. The largest absolute Gasteiger partial charge is 0.444 e. The maximum Gasteiger partial charge on any atom is 0.408 e. The molecule has 0 unspecified atom stereocenters. The third kappa shape index (κ3) is 6.89. The Morgan fingerprint density at radius 1 is 1.03 bits per heavy atom. The molecule has 1 N–H and O–H groups in total. The first kappa shape index (κ1) is 22.9. The Balaban J connectivity index is 1.66. The van der Waals surface area contributed by atoms with E-state index in [1.54, 1.807) is 20.8 Å². The van der Waals surface area contributed by atoms with E-state index in [9.17, 15) is 9.59 Å². The summed E-state index contributed by atoms with van der Waals surface area (Å²) in [5, 5.41) is 3.48. The van der Waals surface area contributed by atoms with E-state index in [2.05, 4.69) is 10.2 Å². The van der Waals surface area contributed by atoms with Crippen molar-refractivity contribution in [1.82, 2.24) is 10.2 Å². The fourth-order valence-corrected chi connectivity index (χ4v) is 3.76. The van der Waals surface area contributed by atoms with Crippen molar-refractivity contribution in [2.75, 3.05) is 31.1 Å². The van der Waals surface area contributed by atoms with Gasteiger partial charge in [0, 0.05) is 43.3 Å². The van der Waals surface area contributed by atoms with Gasteiger partial charge >= 0.3 is 6.09 Å². The Kier molecular flexibility index (Phi) is 7.44. The number of halogens is 1. The first-order valence-corrected chi connectivity index (χ1v) is 10.9. The Morgan fingerprint density at radius 3 is 2.32 bits per heavy atom. The number of hydrogen-bond acceptors (Lipinski definition) is 4. The number of nitrogens with one attached hydrogen (secondary N) is 1. The molecule has 0 spiro atoms. The molecule has 6 nitrogen and oxygen atoms in total. The third-order valence-corrected chi connectivity index (χ3v) is 5.27. The van der Waals surface area contributed by atoms with Crippen molar-refractivity contribution < 1.29 is 14.3 Å². The fourth-order valence-electron chi connectivity index (χ4n) is 3.58. The van der Waals surface area contributed by atoms with Gasteiger partial charge in [0.1, 0.15) is 11.6 Å². The molecule has 166 valence electrons. The average molecular weight is 444 g/mol. The summed E-state index contributed by atoms with van der Waals surface area (Å²) < 4.78 is 5.39. The Labute approximate surface area is 189 Å². The number of anilines is 1. The van der Waals surface area contributed by atoms with Gasteiger partial charge in [-0.1, -0.05) is 48.0 Å². The lowest BCUT2D eigenvalue weighted by atomic mass is 10.0. The number of alkyl carbamates (subject to hydrolysis) is 1. The Morgan fingerprint density at radius 2 is 1.71 bits per heavy atom. The minimum atomic E-state index is -0.685. The summed E-state index contributed by atoms with van der Waals surface area (Å²) in [6.07, 6.45) is -0.174. The second-order valence-electron chi connectivity index (χ2n) is 8.68. The number of rotatable bonds is 5. The van der Waals surface area contributed by atoms with Crippen molar-refractivity contribution in [2.24, 2.45) is 0 Å². The van der Waals surface area contributed by atoms with Gasteiger partial charge in [-0.15, -0.1) is 0 Å². The van der Waals surface area contributed by atoms with Crippen molar-refractivity contribution in [2.45, 2.75) is 38.8 Å². The molecule has 2 aromatic rings. The van der Waals surface area contributed by atoms with E-state index in [1.165, 1.54) is 0 Å². The van der Waals surface area contributed by atoms with Crippen molar-refractivity contribution in [3.05, 3.63) is 65.2 Å². The number of carbonyl (C=O) groups is 2. The van der Waals surface area contributed by atoms with Gasteiger partial charge in [0.05, 0.1) is 0 Å². The van der Waals surface area contributed by atoms with Gasteiger partial charge in [-0.05, 0) is 44.5 Å². The fraction of sp³-hybridized carbons (Fsp3) is 0.417. The second-order valence-corrected chi connectivity index (χ2v) is 9.12. The lowest BCUT2D eigenvalue weighted by Crippen LogP contribution is -2.56. The summed E-state index contributed by atoms with van der Waals surface area (Å²) in [5.74, 6) is -0.0968. The lowest BCUT2D eigenvalue weighted by Gasteiger charge is -2.37. The number of nitrogens with zero attached hydrogens (tertiary/aromatic N) is 2. The van der Waals surface area contributed by atoms with Crippen LogP contribution in [0.2, 0.25) is 5.02 Å². The van der Waals surface area contributed by atoms with E-state index in [0.29, 0.717) is 37.6 Å². The van der Waals surface area contributed by atoms with Crippen LogP contribution in [-0.2, 0) is 16.0 Å². The van der Waals surface area contributed by atoms with Gasteiger partial charge in [0.15, 0.2) is 0 Å². The molecule has 2 amide bonds. The molecule has 0 saturated carbocycles. The normalized spacial score (nSPS) is 15.4. The van der Waals surface area contributed by atoms with E-state index in [0.717, 1.165) is 11.3 Å². The highest BCUT2D eigenvalue weighted by Gasteiger charge is 2.30.